The van der Waals surface area contributed by atoms with Crippen LogP contribution in [-0.4, -0.2) is 22.6 Å². The second-order valence-electron chi connectivity index (χ2n) is 18.7. The fraction of sp³-hybridized carbons (Fsp3) is 0.100. The molecule has 302 valence electrons. The second-order valence-corrected chi connectivity index (χ2v) is 18.7. The lowest BCUT2D eigenvalue weighted by atomic mass is 9.32. The van der Waals surface area contributed by atoms with Crippen LogP contribution in [0, 0.1) is 41.5 Å². The first-order valence-corrected chi connectivity index (χ1v) is 22.8. The molecule has 64 heavy (non-hydrogen) atoms. The summed E-state index contributed by atoms with van der Waals surface area (Å²) in [5, 5.41) is 5.24. The molecule has 2 nitrogen and oxygen atoms in total. The number of aryl methyl sites for hydroxylation is 6. The lowest BCUT2D eigenvalue weighted by Gasteiger charge is -2.34. The SMILES string of the molecule is Cc1cc(C)c(B2c3cc4c(cc3-n3c5cccc(-c6ccccc6)c5c5cccc2c53)B(c2c(C)cc(C)cc2C)c2cccc3c5c(-c6ccccc6)cccc5n-4c23)c(C)c1. The monoisotopic (exact) mass is 816 g/mol. The Morgan fingerprint density at radius 1 is 0.344 bits per heavy atom. The quantitative estimate of drug-likeness (QED) is 0.157. The fourth-order valence-corrected chi connectivity index (χ4v) is 12.7. The lowest BCUT2D eigenvalue weighted by molar-refractivity contribution is 1.16. The van der Waals surface area contributed by atoms with E-state index in [4.69, 9.17) is 0 Å². The van der Waals surface area contributed by atoms with E-state index >= 15 is 0 Å². The van der Waals surface area contributed by atoms with Crippen molar-refractivity contribution in [3.8, 4) is 33.6 Å². The summed E-state index contributed by atoms with van der Waals surface area (Å²) >= 11 is 0. The predicted octanol–water partition coefficient (Wildman–Crippen LogP) is 10.7. The molecule has 0 bridgehead atoms. The highest BCUT2D eigenvalue weighted by molar-refractivity contribution is 7.00. The summed E-state index contributed by atoms with van der Waals surface area (Å²) in [5.74, 6) is 0. The third-order valence-electron chi connectivity index (χ3n) is 14.8. The third-order valence-corrected chi connectivity index (χ3v) is 14.8. The molecule has 13 rings (SSSR count). The van der Waals surface area contributed by atoms with Gasteiger partial charge in [0.05, 0.1) is 11.0 Å². The molecule has 0 amide bonds. The molecule has 11 aromatic rings. The topological polar surface area (TPSA) is 9.86 Å². The number of aromatic nitrogens is 2. The van der Waals surface area contributed by atoms with Crippen LogP contribution >= 0.6 is 0 Å². The van der Waals surface area contributed by atoms with E-state index in [2.05, 4.69) is 221 Å². The van der Waals surface area contributed by atoms with Crippen molar-refractivity contribution in [1.82, 2.24) is 9.13 Å². The van der Waals surface area contributed by atoms with Gasteiger partial charge in [0.2, 0.25) is 13.4 Å². The molecule has 0 atom stereocenters. The Balaban J connectivity index is 1.23. The zero-order valence-electron chi connectivity index (χ0n) is 37.2. The van der Waals surface area contributed by atoms with Gasteiger partial charge in [0.25, 0.3) is 0 Å². The van der Waals surface area contributed by atoms with E-state index in [-0.39, 0.29) is 13.4 Å². The first kappa shape index (κ1) is 37.3. The highest BCUT2D eigenvalue weighted by Gasteiger charge is 2.41. The molecule has 0 aliphatic carbocycles. The molecular formula is C60H46B2N2. The van der Waals surface area contributed by atoms with Crippen LogP contribution in [0.1, 0.15) is 33.4 Å². The van der Waals surface area contributed by atoms with Crippen LogP contribution in [0.4, 0.5) is 0 Å². The molecule has 0 radical (unpaired) electrons. The Kier molecular flexibility index (Phi) is 7.92. The molecular weight excluding hydrogens is 770 g/mol. The minimum absolute atomic E-state index is 0.0252. The molecule has 4 heterocycles. The fourth-order valence-electron chi connectivity index (χ4n) is 12.7. The Morgan fingerprint density at radius 3 is 1.11 bits per heavy atom. The molecule has 0 saturated carbocycles. The van der Waals surface area contributed by atoms with Gasteiger partial charge in [-0.3, -0.25) is 0 Å². The maximum absolute atomic E-state index is 2.64. The Labute approximate surface area is 375 Å². The van der Waals surface area contributed by atoms with Crippen molar-refractivity contribution >= 4 is 89.8 Å². The number of hydrogen-bond acceptors (Lipinski definition) is 0. The van der Waals surface area contributed by atoms with Gasteiger partial charge in [-0.15, -0.1) is 0 Å². The zero-order valence-corrected chi connectivity index (χ0v) is 37.2. The van der Waals surface area contributed by atoms with Crippen molar-refractivity contribution in [2.45, 2.75) is 41.5 Å². The molecule has 4 heteroatoms. The van der Waals surface area contributed by atoms with E-state index in [9.17, 15) is 0 Å². The number of para-hydroxylation sites is 2. The lowest BCUT2D eigenvalue weighted by Crippen LogP contribution is -2.61. The van der Waals surface area contributed by atoms with Gasteiger partial charge in [0, 0.05) is 44.0 Å². The van der Waals surface area contributed by atoms with Gasteiger partial charge >= 0.3 is 0 Å². The number of rotatable bonds is 4. The van der Waals surface area contributed by atoms with Gasteiger partial charge in [-0.05, 0) is 110 Å². The predicted molar refractivity (Wildman–Crippen MR) is 277 cm³/mol. The van der Waals surface area contributed by atoms with Crippen LogP contribution < -0.4 is 32.8 Å². The van der Waals surface area contributed by atoms with Crippen LogP contribution in [0.25, 0.3) is 77.2 Å². The van der Waals surface area contributed by atoms with Gasteiger partial charge < -0.3 is 9.13 Å². The average molecular weight is 817 g/mol. The Hall–Kier alpha value is -7.29. The minimum Gasteiger partial charge on any atom is -0.310 e. The second kappa shape index (κ2) is 13.6. The number of nitrogens with zero attached hydrogens (tertiary/aromatic N) is 2. The van der Waals surface area contributed by atoms with Crippen LogP contribution in [0.15, 0.2) is 170 Å². The van der Waals surface area contributed by atoms with Crippen LogP contribution in [-0.2, 0) is 0 Å². The first-order chi connectivity index (χ1) is 31.3. The van der Waals surface area contributed by atoms with E-state index in [1.54, 1.807) is 0 Å². The molecule has 0 saturated heterocycles. The van der Waals surface area contributed by atoms with Crippen LogP contribution in [0.3, 0.4) is 0 Å². The van der Waals surface area contributed by atoms with Crippen molar-refractivity contribution in [1.29, 1.82) is 0 Å². The first-order valence-electron chi connectivity index (χ1n) is 22.8. The van der Waals surface area contributed by atoms with Gasteiger partial charge in [-0.25, -0.2) is 0 Å². The van der Waals surface area contributed by atoms with Gasteiger partial charge in [-0.2, -0.15) is 0 Å². The molecule has 9 aromatic carbocycles. The molecule has 0 unspecified atom stereocenters. The van der Waals surface area contributed by atoms with Crippen LogP contribution in [0.5, 0.6) is 0 Å². The summed E-state index contributed by atoms with van der Waals surface area (Å²) in [7, 11) is 0. The van der Waals surface area contributed by atoms with Crippen molar-refractivity contribution in [2.75, 3.05) is 0 Å². The van der Waals surface area contributed by atoms with Crippen LogP contribution in [0.2, 0.25) is 0 Å². The van der Waals surface area contributed by atoms with Crippen molar-refractivity contribution in [2.24, 2.45) is 0 Å². The highest BCUT2D eigenvalue weighted by Crippen LogP contribution is 2.42. The standard InChI is InChI=1S/C60H46B2N2/c1-35-29-37(3)57(38(4)30-35)61-47-25-13-23-45-55-43(41-17-9-7-10-18-41)21-15-27-51(55)63(59(45)47)53-34-50-54(33-49(53)61)64-52-28-16-22-44(42-19-11-8-12-20-42)56(52)46-24-14-26-48(60(46)64)62(50)58-39(5)31-36(2)32-40(58)6/h7-34H,1-6H3. The largest absolute Gasteiger partial charge is 0.310 e. The molecule has 0 fully saturated rings. The molecule has 2 aliphatic rings. The highest BCUT2D eigenvalue weighted by atomic mass is 15.0. The summed E-state index contributed by atoms with van der Waals surface area (Å²) in [6, 6.07) is 64.7. The van der Waals surface area contributed by atoms with Gasteiger partial charge in [0.15, 0.2) is 0 Å². The number of hydrogen-bond donors (Lipinski definition) is 0. The normalized spacial score (nSPS) is 12.8. The Bertz CT molecular complexity index is 3500. The van der Waals surface area contributed by atoms with E-state index < -0.39 is 0 Å². The minimum atomic E-state index is 0.0252. The average Bonchev–Trinajstić information content (AvgIpc) is 3.83. The maximum Gasteiger partial charge on any atom is 0.247 e. The summed E-state index contributed by atoms with van der Waals surface area (Å²) < 4.78 is 5.28. The van der Waals surface area contributed by atoms with Crippen molar-refractivity contribution in [3.05, 3.63) is 203 Å². The van der Waals surface area contributed by atoms with Crippen molar-refractivity contribution < 1.29 is 0 Å². The van der Waals surface area contributed by atoms with E-state index in [0.29, 0.717) is 0 Å². The Morgan fingerprint density at radius 2 is 0.719 bits per heavy atom. The molecule has 0 spiro atoms. The van der Waals surface area contributed by atoms with Gasteiger partial charge in [-0.1, -0.05) is 190 Å². The maximum atomic E-state index is 2.64. The number of benzene rings is 9. The molecule has 2 aliphatic heterocycles. The third kappa shape index (κ3) is 5.05. The van der Waals surface area contributed by atoms with E-state index in [1.165, 1.54) is 143 Å². The summed E-state index contributed by atoms with van der Waals surface area (Å²) in [5.41, 5.74) is 28.9. The molecule has 2 aromatic heterocycles. The summed E-state index contributed by atoms with van der Waals surface area (Å²) in [4.78, 5) is 0. The van der Waals surface area contributed by atoms with E-state index in [0.717, 1.165) is 0 Å². The zero-order chi connectivity index (χ0) is 43.1. The summed E-state index contributed by atoms with van der Waals surface area (Å²) in [6.07, 6.45) is 0. The summed E-state index contributed by atoms with van der Waals surface area (Å²) in [6.45, 7) is 13.8. The van der Waals surface area contributed by atoms with Gasteiger partial charge in [0.1, 0.15) is 0 Å². The molecule has 0 N–H and O–H groups in total. The van der Waals surface area contributed by atoms with Crippen molar-refractivity contribution in [3.63, 3.8) is 0 Å². The number of fused-ring (bicyclic) bond motifs is 10. The smallest absolute Gasteiger partial charge is 0.247 e. The van der Waals surface area contributed by atoms with E-state index in [1.807, 2.05) is 0 Å².